The quantitative estimate of drug-likeness (QED) is 0.216. The van der Waals surface area contributed by atoms with Gasteiger partial charge in [0.2, 0.25) is 0 Å². The van der Waals surface area contributed by atoms with Crippen molar-refractivity contribution in [1.82, 2.24) is 14.9 Å². The third-order valence-corrected chi connectivity index (χ3v) is 7.29. The van der Waals surface area contributed by atoms with Crippen molar-refractivity contribution >= 4 is 46.5 Å². The van der Waals surface area contributed by atoms with Gasteiger partial charge in [-0.2, -0.15) is 0 Å². The van der Waals surface area contributed by atoms with Crippen LogP contribution in [0.3, 0.4) is 0 Å². The van der Waals surface area contributed by atoms with Gasteiger partial charge in [0.05, 0.1) is 11.0 Å². The van der Waals surface area contributed by atoms with E-state index in [-0.39, 0.29) is 29.8 Å². The molecule has 1 aliphatic rings. The standard InChI is InChI=1S/C31H29ClN4O3.ClH/c1-35-13-15-36(16-14-35)24-8-10-26-27(19-24)34-31(33-26)30(37)29-12-9-25(39-29)18-22-17-23(32)7-11-28(22)38-20-21-5-3-2-4-6-21;/h2-12,17,19H,13-16,18,20H2,1H3,(H,33,34);1H. The normalized spacial score (nSPS) is 13.8. The Bertz CT molecular complexity index is 1610. The fourth-order valence-electron chi connectivity index (χ4n) is 4.83. The van der Waals surface area contributed by atoms with Gasteiger partial charge in [-0.15, -0.1) is 12.4 Å². The summed E-state index contributed by atoms with van der Waals surface area (Å²) >= 11 is 6.28. The number of ether oxygens (including phenoxy) is 1. The lowest BCUT2D eigenvalue weighted by molar-refractivity contribution is 0.0999. The number of carbonyl (C=O) groups is 1. The second-order valence-corrected chi connectivity index (χ2v) is 10.3. The average molecular weight is 578 g/mol. The van der Waals surface area contributed by atoms with E-state index in [0.29, 0.717) is 23.8 Å². The van der Waals surface area contributed by atoms with Gasteiger partial charge in [0.1, 0.15) is 18.1 Å². The van der Waals surface area contributed by atoms with Gasteiger partial charge in [0.15, 0.2) is 11.6 Å². The molecule has 3 aromatic carbocycles. The lowest BCUT2D eigenvalue weighted by Crippen LogP contribution is -2.44. The summed E-state index contributed by atoms with van der Waals surface area (Å²) in [7, 11) is 2.14. The number of H-pyrrole nitrogens is 1. The lowest BCUT2D eigenvalue weighted by Gasteiger charge is -2.34. The highest BCUT2D eigenvalue weighted by atomic mass is 35.5. The number of fused-ring (bicyclic) bond motifs is 1. The Labute approximate surface area is 244 Å². The number of ketones is 1. The third kappa shape index (κ3) is 6.17. The van der Waals surface area contributed by atoms with Crippen molar-refractivity contribution in [3.05, 3.63) is 112 Å². The molecule has 0 atom stereocenters. The molecule has 1 aliphatic heterocycles. The van der Waals surface area contributed by atoms with Crippen molar-refractivity contribution in [3.8, 4) is 5.75 Å². The van der Waals surface area contributed by atoms with Crippen LogP contribution in [0.1, 0.15) is 33.3 Å². The number of hydrogen-bond acceptors (Lipinski definition) is 6. The minimum absolute atomic E-state index is 0. The number of halogens is 2. The lowest BCUT2D eigenvalue weighted by atomic mass is 10.1. The van der Waals surface area contributed by atoms with E-state index in [4.69, 9.17) is 20.8 Å². The van der Waals surface area contributed by atoms with Crippen molar-refractivity contribution in [1.29, 1.82) is 0 Å². The van der Waals surface area contributed by atoms with Crippen LogP contribution in [0.5, 0.6) is 5.75 Å². The van der Waals surface area contributed by atoms with Gasteiger partial charge in [0.25, 0.3) is 5.78 Å². The first-order chi connectivity index (χ1) is 19.0. The summed E-state index contributed by atoms with van der Waals surface area (Å²) in [6, 6.07) is 25.1. The fourth-order valence-corrected chi connectivity index (χ4v) is 5.02. The van der Waals surface area contributed by atoms with Crippen LogP contribution < -0.4 is 9.64 Å². The Morgan fingerprint density at radius 1 is 1.00 bits per heavy atom. The first kappa shape index (κ1) is 27.8. The zero-order valence-electron chi connectivity index (χ0n) is 22.1. The molecule has 0 amide bonds. The molecule has 206 valence electrons. The molecule has 9 heteroatoms. The molecule has 6 rings (SSSR count). The maximum Gasteiger partial charge on any atom is 0.263 e. The van der Waals surface area contributed by atoms with E-state index in [1.807, 2.05) is 54.6 Å². The zero-order chi connectivity index (χ0) is 26.8. The van der Waals surface area contributed by atoms with Crippen LogP contribution in [0.2, 0.25) is 5.02 Å². The largest absolute Gasteiger partial charge is 0.489 e. The number of hydrogen-bond donors (Lipinski definition) is 1. The molecule has 3 heterocycles. The van der Waals surface area contributed by atoms with Crippen LogP contribution in [0.4, 0.5) is 5.69 Å². The number of nitrogens with one attached hydrogen (secondary N) is 1. The highest BCUT2D eigenvalue weighted by Crippen LogP contribution is 2.28. The molecule has 0 bridgehead atoms. The van der Waals surface area contributed by atoms with Crippen LogP contribution >= 0.6 is 24.0 Å². The van der Waals surface area contributed by atoms with Crippen molar-refractivity contribution in [2.45, 2.75) is 13.0 Å². The van der Waals surface area contributed by atoms with Crippen LogP contribution in [0.25, 0.3) is 11.0 Å². The topological polar surface area (TPSA) is 74.6 Å². The molecule has 40 heavy (non-hydrogen) atoms. The summed E-state index contributed by atoms with van der Waals surface area (Å²) in [4.78, 5) is 25.6. The first-order valence-corrected chi connectivity index (χ1v) is 13.4. The van der Waals surface area contributed by atoms with E-state index in [1.54, 1.807) is 12.1 Å². The smallest absolute Gasteiger partial charge is 0.263 e. The number of rotatable bonds is 8. The molecular formula is C31H30Cl2N4O3. The number of nitrogens with zero attached hydrogens (tertiary/aromatic N) is 3. The van der Waals surface area contributed by atoms with Crippen molar-refractivity contribution < 1.29 is 13.9 Å². The van der Waals surface area contributed by atoms with E-state index >= 15 is 0 Å². The highest BCUT2D eigenvalue weighted by molar-refractivity contribution is 6.30. The molecule has 7 nitrogen and oxygen atoms in total. The molecule has 5 aromatic rings. The number of piperazine rings is 1. The number of aromatic nitrogens is 2. The predicted molar refractivity (Wildman–Crippen MR) is 160 cm³/mol. The molecule has 1 saturated heterocycles. The summed E-state index contributed by atoms with van der Waals surface area (Å²) in [5.41, 5.74) is 4.67. The second kappa shape index (κ2) is 12.2. The van der Waals surface area contributed by atoms with Gasteiger partial charge in [-0.05, 0) is 61.1 Å². The molecule has 0 radical (unpaired) electrons. The first-order valence-electron chi connectivity index (χ1n) is 13.0. The summed E-state index contributed by atoms with van der Waals surface area (Å²) in [6.07, 6.45) is 0.437. The fraction of sp³-hybridized carbons (Fsp3) is 0.226. The van der Waals surface area contributed by atoms with E-state index in [0.717, 1.165) is 59.8 Å². The number of likely N-dealkylation sites (N-methyl/N-ethyl adjacent to an activating group) is 1. The van der Waals surface area contributed by atoms with Crippen molar-refractivity contribution in [2.75, 3.05) is 38.1 Å². The van der Waals surface area contributed by atoms with Crippen molar-refractivity contribution in [3.63, 3.8) is 0 Å². The van der Waals surface area contributed by atoms with E-state index in [1.165, 1.54) is 0 Å². The van der Waals surface area contributed by atoms with Crippen LogP contribution in [-0.4, -0.2) is 53.9 Å². The van der Waals surface area contributed by atoms with Crippen LogP contribution in [-0.2, 0) is 13.0 Å². The predicted octanol–water partition coefficient (Wildman–Crippen LogP) is 6.38. The number of anilines is 1. The molecule has 0 unspecified atom stereocenters. The molecule has 2 aromatic heterocycles. The summed E-state index contributed by atoms with van der Waals surface area (Å²) in [6.45, 7) is 4.45. The number of benzene rings is 3. The maximum atomic E-state index is 13.2. The minimum atomic E-state index is -0.287. The Kier molecular flexibility index (Phi) is 8.45. The summed E-state index contributed by atoms with van der Waals surface area (Å²) in [5, 5.41) is 0.609. The molecular weight excluding hydrogens is 547 g/mol. The molecule has 0 aliphatic carbocycles. The van der Waals surface area contributed by atoms with E-state index < -0.39 is 0 Å². The van der Waals surface area contributed by atoms with E-state index in [2.05, 4.69) is 38.9 Å². The third-order valence-electron chi connectivity index (χ3n) is 7.06. The Hall–Kier alpha value is -3.78. The summed E-state index contributed by atoms with van der Waals surface area (Å²) < 4.78 is 12.0. The zero-order valence-corrected chi connectivity index (χ0v) is 23.7. The number of furan rings is 1. The molecule has 1 fully saturated rings. The Morgan fingerprint density at radius 2 is 1.80 bits per heavy atom. The van der Waals surface area contributed by atoms with Gasteiger partial charge >= 0.3 is 0 Å². The number of carbonyl (C=O) groups excluding carboxylic acids is 1. The molecule has 0 saturated carbocycles. The van der Waals surface area contributed by atoms with Gasteiger partial charge in [0, 0.05) is 48.9 Å². The summed E-state index contributed by atoms with van der Waals surface area (Å²) in [5.74, 6) is 1.57. The SMILES string of the molecule is CN1CCN(c2ccc3nc(C(=O)c4ccc(Cc5cc(Cl)ccc5OCc5ccccc5)o4)[nH]c3c2)CC1.Cl. The van der Waals surface area contributed by atoms with Gasteiger partial charge in [-0.1, -0.05) is 41.9 Å². The molecule has 1 N–H and O–H groups in total. The monoisotopic (exact) mass is 576 g/mol. The Morgan fingerprint density at radius 3 is 2.60 bits per heavy atom. The van der Waals surface area contributed by atoms with Gasteiger partial charge in [-0.3, -0.25) is 4.79 Å². The highest BCUT2D eigenvalue weighted by Gasteiger charge is 2.20. The van der Waals surface area contributed by atoms with Crippen LogP contribution in [0.15, 0.2) is 83.3 Å². The number of imidazole rings is 1. The minimum Gasteiger partial charge on any atom is -0.489 e. The second-order valence-electron chi connectivity index (χ2n) is 9.88. The number of aromatic amines is 1. The van der Waals surface area contributed by atoms with Crippen molar-refractivity contribution in [2.24, 2.45) is 0 Å². The Balaban J connectivity index is 0.00000323. The van der Waals surface area contributed by atoms with Gasteiger partial charge < -0.3 is 23.9 Å². The van der Waals surface area contributed by atoms with Gasteiger partial charge in [-0.25, -0.2) is 4.98 Å². The van der Waals surface area contributed by atoms with Crippen LogP contribution in [0, 0.1) is 0 Å². The average Bonchev–Trinajstić information content (AvgIpc) is 3.60. The maximum absolute atomic E-state index is 13.2. The van der Waals surface area contributed by atoms with E-state index in [9.17, 15) is 4.79 Å². The molecule has 0 spiro atoms.